The van der Waals surface area contributed by atoms with E-state index in [2.05, 4.69) is 10.3 Å². The quantitative estimate of drug-likeness (QED) is 0.846. The highest BCUT2D eigenvalue weighted by Crippen LogP contribution is 2.29. The zero-order valence-electron chi connectivity index (χ0n) is 13.7. The second-order valence-electron chi connectivity index (χ2n) is 6.00. The summed E-state index contributed by atoms with van der Waals surface area (Å²) in [6, 6.07) is 5.67. The molecule has 0 bridgehead atoms. The number of furan rings is 1. The molecule has 1 N–H and O–H groups in total. The van der Waals surface area contributed by atoms with Crippen LogP contribution < -0.4 is 5.32 Å². The van der Waals surface area contributed by atoms with Crippen molar-refractivity contribution in [2.24, 2.45) is 0 Å². The minimum atomic E-state index is -0.0609. The number of nitrogens with zero attached hydrogens (tertiary/aromatic N) is 2. The summed E-state index contributed by atoms with van der Waals surface area (Å²) in [5.74, 6) is 0.507. The number of amides is 2. The summed E-state index contributed by atoms with van der Waals surface area (Å²) in [6.07, 6.45) is 7.21. The Hall–Kier alpha value is -2.63. The highest BCUT2D eigenvalue weighted by Gasteiger charge is 2.34. The van der Waals surface area contributed by atoms with Crippen LogP contribution in [0.5, 0.6) is 0 Å². The van der Waals surface area contributed by atoms with Crippen molar-refractivity contribution in [3.63, 3.8) is 0 Å². The highest BCUT2D eigenvalue weighted by atomic mass is 16.3. The van der Waals surface area contributed by atoms with Gasteiger partial charge in [-0.3, -0.25) is 14.6 Å². The van der Waals surface area contributed by atoms with Crippen molar-refractivity contribution in [2.45, 2.75) is 38.8 Å². The van der Waals surface area contributed by atoms with E-state index in [1.807, 2.05) is 12.1 Å². The first-order valence-electron chi connectivity index (χ1n) is 8.16. The first kappa shape index (κ1) is 16.2. The maximum atomic E-state index is 12.6. The summed E-state index contributed by atoms with van der Waals surface area (Å²) in [5.41, 5.74) is 1.58. The van der Waals surface area contributed by atoms with E-state index in [1.54, 1.807) is 30.3 Å². The molecule has 1 fully saturated rings. The normalized spacial score (nSPS) is 13.5. The SMILES string of the molecule is Cc1occc1C(=O)N(CCC(=O)NCc1ccncc1)C1CC1. The van der Waals surface area contributed by atoms with Gasteiger partial charge in [0.25, 0.3) is 5.91 Å². The molecule has 1 aliphatic carbocycles. The van der Waals surface area contributed by atoms with E-state index < -0.39 is 0 Å². The fourth-order valence-electron chi connectivity index (χ4n) is 2.61. The summed E-state index contributed by atoms with van der Waals surface area (Å²) in [5, 5.41) is 2.88. The molecule has 6 nitrogen and oxygen atoms in total. The van der Waals surface area contributed by atoms with E-state index >= 15 is 0 Å². The van der Waals surface area contributed by atoms with Crippen LogP contribution in [0.2, 0.25) is 0 Å². The molecular formula is C18H21N3O3. The molecule has 0 unspecified atom stereocenters. The molecule has 3 rings (SSSR count). The van der Waals surface area contributed by atoms with Crippen LogP contribution >= 0.6 is 0 Å². The Kier molecular flexibility index (Phi) is 4.93. The molecule has 24 heavy (non-hydrogen) atoms. The zero-order chi connectivity index (χ0) is 16.9. The average Bonchev–Trinajstić information content (AvgIpc) is 3.34. The van der Waals surface area contributed by atoms with E-state index in [-0.39, 0.29) is 17.9 Å². The summed E-state index contributed by atoms with van der Waals surface area (Å²) in [7, 11) is 0. The molecule has 2 aromatic heterocycles. The van der Waals surface area contributed by atoms with Crippen molar-refractivity contribution in [1.82, 2.24) is 15.2 Å². The van der Waals surface area contributed by atoms with Gasteiger partial charge in [0.05, 0.1) is 11.8 Å². The van der Waals surface area contributed by atoms with Crippen molar-refractivity contribution in [3.8, 4) is 0 Å². The number of nitrogens with one attached hydrogen (secondary N) is 1. The Morgan fingerprint density at radius 1 is 1.29 bits per heavy atom. The average molecular weight is 327 g/mol. The smallest absolute Gasteiger partial charge is 0.257 e. The van der Waals surface area contributed by atoms with Gasteiger partial charge in [-0.1, -0.05) is 0 Å². The third kappa shape index (κ3) is 4.01. The van der Waals surface area contributed by atoms with Crippen LogP contribution in [0.3, 0.4) is 0 Å². The standard InChI is InChI=1S/C18H21N3O3/c1-13-16(7-11-24-13)18(23)21(15-2-3-15)10-6-17(22)20-12-14-4-8-19-9-5-14/h4-5,7-9,11,15H,2-3,6,10,12H2,1H3,(H,20,22). The lowest BCUT2D eigenvalue weighted by Gasteiger charge is -2.22. The predicted molar refractivity (Wildman–Crippen MR) is 88.2 cm³/mol. The van der Waals surface area contributed by atoms with Gasteiger partial charge in [0.2, 0.25) is 5.91 Å². The molecule has 0 radical (unpaired) electrons. The Morgan fingerprint density at radius 3 is 2.67 bits per heavy atom. The maximum absolute atomic E-state index is 12.6. The number of aromatic nitrogens is 1. The summed E-state index contributed by atoms with van der Waals surface area (Å²) in [4.78, 5) is 30.4. The third-order valence-corrected chi connectivity index (χ3v) is 4.16. The first-order chi connectivity index (χ1) is 11.6. The van der Waals surface area contributed by atoms with E-state index in [0.717, 1.165) is 18.4 Å². The fraction of sp³-hybridized carbons (Fsp3) is 0.389. The molecule has 0 aromatic carbocycles. The lowest BCUT2D eigenvalue weighted by atomic mass is 10.2. The van der Waals surface area contributed by atoms with E-state index in [9.17, 15) is 9.59 Å². The monoisotopic (exact) mass is 327 g/mol. The molecular weight excluding hydrogens is 306 g/mol. The Bertz CT molecular complexity index is 707. The van der Waals surface area contributed by atoms with Gasteiger partial charge in [-0.2, -0.15) is 0 Å². The van der Waals surface area contributed by atoms with Crippen molar-refractivity contribution in [2.75, 3.05) is 6.54 Å². The van der Waals surface area contributed by atoms with Crippen LogP contribution in [0.1, 0.15) is 40.9 Å². The van der Waals surface area contributed by atoms with Gasteiger partial charge in [0.15, 0.2) is 0 Å². The van der Waals surface area contributed by atoms with Crippen LogP contribution in [0.4, 0.5) is 0 Å². The van der Waals surface area contributed by atoms with Crippen molar-refractivity contribution >= 4 is 11.8 Å². The molecule has 126 valence electrons. The van der Waals surface area contributed by atoms with Crippen LogP contribution in [0.25, 0.3) is 0 Å². The van der Waals surface area contributed by atoms with Gasteiger partial charge in [-0.05, 0) is 43.5 Å². The van der Waals surface area contributed by atoms with Crippen molar-refractivity contribution in [1.29, 1.82) is 0 Å². The number of hydrogen-bond acceptors (Lipinski definition) is 4. The van der Waals surface area contributed by atoms with Gasteiger partial charge in [0, 0.05) is 37.9 Å². The van der Waals surface area contributed by atoms with Gasteiger partial charge in [-0.25, -0.2) is 0 Å². The van der Waals surface area contributed by atoms with Gasteiger partial charge >= 0.3 is 0 Å². The Morgan fingerprint density at radius 2 is 2.04 bits per heavy atom. The molecule has 2 aromatic rings. The number of hydrogen-bond donors (Lipinski definition) is 1. The van der Waals surface area contributed by atoms with Crippen LogP contribution in [-0.2, 0) is 11.3 Å². The second kappa shape index (κ2) is 7.29. The number of carbonyl (C=O) groups excluding carboxylic acids is 2. The predicted octanol–water partition coefficient (Wildman–Crippen LogP) is 2.29. The lowest BCUT2D eigenvalue weighted by Crippen LogP contribution is -2.36. The zero-order valence-corrected chi connectivity index (χ0v) is 13.7. The van der Waals surface area contributed by atoms with E-state index in [1.165, 1.54) is 6.26 Å². The van der Waals surface area contributed by atoms with Gasteiger partial charge in [-0.15, -0.1) is 0 Å². The maximum Gasteiger partial charge on any atom is 0.257 e. The van der Waals surface area contributed by atoms with Gasteiger partial charge in [0.1, 0.15) is 5.76 Å². The molecule has 1 saturated carbocycles. The van der Waals surface area contributed by atoms with Gasteiger partial charge < -0.3 is 14.6 Å². The largest absolute Gasteiger partial charge is 0.469 e. The topological polar surface area (TPSA) is 75.4 Å². The molecule has 0 aliphatic heterocycles. The molecule has 6 heteroatoms. The number of pyridine rings is 1. The minimum Gasteiger partial charge on any atom is -0.469 e. The highest BCUT2D eigenvalue weighted by molar-refractivity contribution is 5.95. The van der Waals surface area contributed by atoms with Crippen molar-refractivity contribution < 1.29 is 14.0 Å². The van der Waals surface area contributed by atoms with Crippen LogP contribution in [-0.4, -0.2) is 34.3 Å². The Balaban J connectivity index is 1.52. The third-order valence-electron chi connectivity index (χ3n) is 4.16. The molecule has 1 aliphatic rings. The number of carbonyl (C=O) groups is 2. The molecule has 2 amide bonds. The molecule has 0 atom stereocenters. The summed E-state index contributed by atoms with van der Waals surface area (Å²) >= 11 is 0. The summed E-state index contributed by atoms with van der Waals surface area (Å²) in [6.45, 7) is 2.68. The molecule has 0 spiro atoms. The van der Waals surface area contributed by atoms with Crippen LogP contribution in [0.15, 0.2) is 41.3 Å². The lowest BCUT2D eigenvalue weighted by molar-refractivity contribution is -0.121. The van der Waals surface area contributed by atoms with E-state index in [4.69, 9.17) is 4.42 Å². The fourth-order valence-corrected chi connectivity index (χ4v) is 2.61. The minimum absolute atomic E-state index is 0.0503. The van der Waals surface area contributed by atoms with Crippen molar-refractivity contribution in [3.05, 3.63) is 53.7 Å². The number of rotatable bonds is 7. The number of aryl methyl sites for hydroxylation is 1. The Labute approximate surface area is 140 Å². The summed E-state index contributed by atoms with van der Waals surface area (Å²) < 4.78 is 5.22. The molecule has 0 saturated heterocycles. The molecule has 2 heterocycles. The second-order valence-corrected chi connectivity index (χ2v) is 6.00. The van der Waals surface area contributed by atoms with E-state index in [0.29, 0.717) is 30.8 Å². The first-order valence-corrected chi connectivity index (χ1v) is 8.16. The van der Waals surface area contributed by atoms with Crippen LogP contribution in [0, 0.1) is 6.92 Å².